The van der Waals surface area contributed by atoms with Crippen molar-refractivity contribution in [2.45, 2.75) is 6.54 Å². The van der Waals surface area contributed by atoms with Crippen LogP contribution in [0.2, 0.25) is 0 Å². The van der Waals surface area contributed by atoms with Crippen LogP contribution in [0.4, 0.5) is 4.79 Å². The number of aliphatic carboxylic acids is 1. The molecule has 1 N–H and O–H groups in total. The third-order valence-electron chi connectivity index (χ3n) is 3.59. The fourth-order valence-corrected chi connectivity index (χ4v) is 2.45. The van der Waals surface area contributed by atoms with E-state index in [1.807, 2.05) is 35.2 Å². The molecule has 6 nitrogen and oxygen atoms in total. The summed E-state index contributed by atoms with van der Waals surface area (Å²) < 4.78 is 0. The lowest BCUT2D eigenvalue weighted by Crippen LogP contribution is -2.52. The maximum absolute atomic E-state index is 12.3. The third kappa shape index (κ3) is 4.46. The fraction of sp³-hybridized carbons (Fsp3) is 0.467. The second-order valence-electron chi connectivity index (χ2n) is 5.28. The van der Waals surface area contributed by atoms with Crippen molar-refractivity contribution >= 4 is 12.0 Å². The molecule has 1 saturated heterocycles. The molecule has 1 aromatic rings. The summed E-state index contributed by atoms with van der Waals surface area (Å²) in [4.78, 5) is 28.3. The number of carboxylic acids is 1. The molecule has 0 aliphatic carbocycles. The van der Waals surface area contributed by atoms with Gasteiger partial charge in [0.1, 0.15) is 0 Å². The van der Waals surface area contributed by atoms with Crippen LogP contribution in [0.25, 0.3) is 0 Å². The van der Waals surface area contributed by atoms with Crippen LogP contribution in [0.5, 0.6) is 0 Å². The SMILES string of the molecule is CN(Cc1ccccc1)C(=O)N1CCN(CC(=O)O)CC1. The van der Waals surface area contributed by atoms with Crippen molar-refractivity contribution in [3.63, 3.8) is 0 Å². The first-order chi connectivity index (χ1) is 10.1. The zero-order chi connectivity index (χ0) is 15.2. The first-order valence-electron chi connectivity index (χ1n) is 7.04. The number of amides is 2. The predicted molar refractivity (Wildman–Crippen MR) is 79.0 cm³/mol. The van der Waals surface area contributed by atoms with Gasteiger partial charge in [0.15, 0.2) is 0 Å². The molecule has 0 saturated carbocycles. The highest BCUT2D eigenvalue weighted by molar-refractivity contribution is 5.74. The maximum Gasteiger partial charge on any atom is 0.320 e. The summed E-state index contributed by atoms with van der Waals surface area (Å²) in [6.07, 6.45) is 0. The Morgan fingerprint density at radius 1 is 1.14 bits per heavy atom. The number of benzene rings is 1. The molecule has 0 radical (unpaired) electrons. The van der Waals surface area contributed by atoms with Crippen LogP contribution in [0.1, 0.15) is 5.56 Å². The summed E-state index contributed by atoms with van der Waals surface area (Å²) in [5.74, 6) is -0.823. The van der Waals surface area contributed by atoms with E-state index in [-0.39, 0.29) is 12.6 Å². The maximum atomic E-state index is 12.3. The molecule has 1 fully saturated rings. The van der Waals surface area contributed by atoms with Gasteiger partial charge in [0.2, 0.25) is 0 Å². The molecule has 114 valence electrons. The first-order valence-corrected chi connectivity index (χ1v) is 7.04. The Morgan fingerprint density at radius 2 is 1.76 bits per heavy atom. The molecular weight excluding hydrogens is 270 g/mol. The normalized spacial score (nSPS) is 15.8. The standard InChI is InChI=1S/C15H21N3O3/c1-16(11-13-5-3-2-4-6-13)15(21)18-9-7-17(8-10-18)12-14(19)20/h2-6H,7-12H2,1H3,(H,19,20). The van der Waals surface area contributed by atoms with E-state index >= 15 is 0 Å². The van der Waals surface area contributed by atoms with Gasteiger partial charge in [-0.15, -0.1) is 0 Å². The van der Waals surface area contributed by atoms with Gasteiger partial charge in [-0.1, -0.05) is 30.3 Å². The average molecular weight is 291 g/mol. The number of piperazine rings is 1. The van der Waals surface area contributed by atoms with E-state index in [4.69, 9.17) is 5.11 Å². The highest BCUT2D eigenvalue weighted by atomic mass is 16.4. The van der Waals surface area contributed by atoms with E-state index in [1.54, 1.807) is 16.8 Å². The Morgan fingerprint density at radius 3 is 2.33 bits per heavy atom. The van der Waals surface area contributed by atoms with Gasteiger partial charge in [0.05, 0.1) is 6.54 Å². The minimum Gasteiger partial charge on any atom is -0.480 e. The number of hydrogen-bond acceptors (Lipinski definition) is 3. The van der Waals surface area contributed by atoms with Crippen molar-refractivity contribution in [3.8, 4) is 0 Å². The van der Waals surface area contributed by atoms with Gasteiger partial charge < -0.3 is 14.9 Å². The molecular formula is C15H21N3O3. The average Bonchev–Trinajstić information content (AvgIpc) is 2.47. The number of carbonyl (C=O) groups is 2. The Balaban J connectivity index is 1.82. The second-order valence-corrected chi connectivity index (χ2v) is 5.28. The molecule has 0 atom stereocenters. The van der Waals surface area contributed by atoms with Crippen LogP contribution in [-0.2, 0) is 11.3 Å². The van der Waals surface area contributed by atoms with Gasteiger partial charge >= 0.3 is 12.0 Å². The fourth-order valence-electron chi connectivity index (χ4n) is 2.45. The summed E-state index contributed by atoms with van der Waals surface area (Å²) in [7, 11) is 1.79. The quantitative estimate of drug-likeness (QED) is 0.897. The van der Waals surface area contributed by atoms with E-state index in [0.29, 0.717) is 32.7 Å². The number of hydrogen-bond donors (Lipinski definition) is 1. The number of carboxylic acid groups (broad SMARTS) is 1. The molecule has 1 aromatic carbocycles. The Labute approximate surface area is 124 Å². The largest absolute Gasteiger partial charge is 0.480 e. The van der Waals surface area contributed by atoms with Crippen LogP contribution < -0.4 is 0 Å². The van der Waals surface area contributed by atoms with Gasteiger partial charge in [0, 0.05) is 39.8 Å². The van der Waals surface area contributed by atoms with E-state index < -0.39 is 5.97 Å². The Bertz CT molecular complexity index is 484. The summed E-state index contributed by atoms with van der Waals surface area (Å²) >= 11 is 0. The molecule has 6 heteroatoms. The zero-order valence-corrected chi connectivity index (χ0v) is 12.2. The van der Waals surface area contributed by atoms with Gasteiger partial charge in [-0.3, -0.25) is 9.69 Å². The van der Waals surface area contributed by atoms with Gasteiger partial charge in [-0.25, -0.2) is 4.79 Å². The third-order valence-corrected chi connectivity index (χ3v) is 3.59. The molecule has 1 aliphatic heterocycles. The van der Waals surface area contributed by atoms with Crippen molar-refractivity contribution in [2.75, 3.05) is 39.8 Å². The number of nitrogens with zero attached hydrogens (tertiary/aromatic N) is 3. The number of rotatable bonds is 4. The lowest BCUT2D eigenvalue weighted by Gasteiger charge is -2.36. The monoisotopic (exact) mass is 291 g/mol. The molecule has 1 aliphatic rings. The molecule has 0 spiro atoms. The molecule has 0 unspecified atom stereocenters. The lowest BCUT2D eigenvalue weighted by molar-refractivity contribution is -0.138. The Hall–Kier alpha value is -2.08. The summed E-state index contributed by atoms with van der Waals surface area (Å²) in [6, 6.07) is 9.85. The van der Waals surface area contributed by atoms with Crippen LogP contribution in [0, 0.1) is 0 Å². The van der Waals surface area contributed by atoms with Crippen LogP contribution >= 0.6 is 0 Å². The van der Waals surface area contributed by atoms with Crippen LogP contribution in [0.3, 0.4) is 0 Å². The highest BCUT2D eigenvalue weighted by Crippen LogP contribution is 2.08. The van der Waals surface area contributed by atoms with Gasteiger partial charge in [0.25, 0.3) is 0 Å². The summed E-state index contributed by atoms with van der Waals surface area (Å²) in [5, 5.41) is 8.76. The van der Waals surface area contributed by atoms with E-state index in [0.717, 1.165) is 5.56 Å². The molecule has 2 rings (SSSR count). The van der Waals surface area contributed by atoms with Crippen molar-refractivity contribution in [1.82, 2.24) is 14.7 Å². The summed E-state index contributed by atoms with van der Waals surface area (Å²) in [5.41, 5.74) is 1.10. The zero-order valence-electron chi connectivity index (χ0n) is 12.2. The number of carbonyl (C=O) groups excluding carboxylic acids is 1. The molecule has 21 heavy (non-hydrogen) atoms. The highest BCUT2D eigenvalue weighted by Gasteiger charge is 2.24. The first kappa shape index (κ1) is 15.3. The van der Waals surface area contributed by atoms with Crippen molar-refractivity contribution in [3.05, 3.63) is 35.9 Å². The van der Waals surface area contributed by atoms with Crippen LogP contribution in [-0.4, -0.2) is 71.6 Å². The second kappa shape index (κ2) is 7.08. The van der Waals surface area contributed by atoms with E-state index in [1.165, 1.54) is 0 Å². The van der Waals surface area contributed by atoms with E-state index in [9.17, 15) is 9.59 Å². The van der Waals surface area contributed by atoms with Gasteiger partial charge in [-0.05, 0) is 5.56 Å². The van der Waals surface area contributed by atoms with Crippen molar-refractivity contribution in [2.24, 2.45) is 0 Å². The molecule has 0 aromatic heterocycles. The minimum absolute atomic E-state index is 0.00571. The molecule has 0 bridgehead atoms. The Kier molecular flexibility index (Phi) is 5.16. The predicted octanol–water partition coefficient (Wildman–Crippen LogP) is 0.941. The minimum atomic E-state index is -0.823. The lowest BCUT2D eigenvalue weighted by atomic mass is 10.2. The topological polar surface area (TPSA) is 64.1 Å². The van der Waals surface area contributed by atoms with Gasteiger partial charge in [-0.2, -0.15) is 0 Å². The molecule has 2 amide bonds. The summed E-state index contributed by atoms with van der Waals surface area (Å²) in [6.45, 7) is 2.99. The van der Waals surface area contributed by atoms with Crippen molar-refractivity contribution in [1.29, 1.82) is 0 Å². The molecule has 1 heterocycles. The smallest absolute Gasteiger partial charge is 0.320 e. The van der Waals surface area contributed by atoms with Crippen molar-refractivity contribution < 1.29 is 14.7 Å². The van der Waals surface area contributed by atoms with Crippen LogP contribution in [0.15, 0.2) is 30.3 Å². The number of urea groups is 1. The van der Waals surface area contributed by atoms with E-state index in [2.05, 4.69) is 0 Å².